The largest absolute Gasteiger partial charge is 0.398 e. The number of thiophene rings is 1. The molecule has 20 heavy (non-hydrogen) atoms. The zero-order valence-electron chi connectivity index (χ0n) is 10.7. The molecule has 6 heteroatoms. The van der Waals surface area contributed by atoms with Gasteiger partial charge >= 0.3 is 0 Å². The van der Waals surface area contributed by atoms with Crippen molar-refractivity contribution in [2.24, 2.45) is 0 Å². The van der Waals surface area contributed by atoms with Crippen molar-refractivity contribution in [2.75, 3.05) is 5.73 Å². The Morgan fingerprint density at radius 3 is 2.85 bits per heavy atom. The van der Waals surface area contributed by atoms with E-state index in [0.717, 1.165) is 28.6 Å². The fourth-order valence-electron chi connectivity index (χ4n) is 2.06. The average molecular weight is 305 g/mol. The van der Waals surface area contributed by atoms with Crippen LogP contribution >= 0.6 is 22.9 Å². The molecule has 0 aromatic carbocycles. The van der Waals surface area contributed by atoms with E-state index in [2.05, 4.69) is 20.6 Å². The Hall–Kier alpha value is -1.85. The first-order chi connectivity index (χ1) is 9.74. The lowest BCUT2D eigenvalue weighted by molar-refractivity contribution is 0.707. The molecule has 0 radical (unpaired) electrons. The molecule has 0 bridgehead atoms. The summed E-state index contributed by atoms with van der Waals surface area (Å²) in [6.45, 7) is 0.834. The molecule has 2 N–H and O–H groups in total. The quantitative estimate of drug-likeness (QED) is 0.803. The Morgan fingerprint density at radius 1 is 1.20 bits per heavy atom. The van der Waals surface area contributed by atoms with Gasteiger partial charge in [0.15, 0.2) is 0 Å². The van der Waals surface area contributed by atoms with Gasteiger partial charge in [0.1, 0.15) is 0 Å². The molecule has 0 saturated carbocycles. The van der Waals surface area contributed by atoms with Crippen molar-refractivity contribution in [1.82, 2.24) is 14.5 Å². The zero-order chi connectivity index (χ0) is 13.9. The molecule has 0 atom stereocenters. The minimum absolute atomic E-state index is 0.709. The van der Waals surface area contributed by atoms with Gasteiger partial charge in [-0.1, -0.05) is 11.6 Å². The van der Waals surface area contributed by atoms with Crippen molar-refractivity contribution < 1.29 is 0 Å². The number of halogens is 1. The smallest absolute Gasteiger partial charge is 0.0951 e. The van der Waals surface area contributed by atoms with E-state index in [1.807, 2.05) is 18.6 Å². The van der Waals surface area contributed by atoms with E-state index < -0.39 is 0 Å². The lowest BCUT2D eigenvalue weighted by atomic mass is 10.2. The monoisotopic (exact) mass is 304 g/mol. The van der Waals surface area contributed by atoms with Crippen molar-refractivity contribution in [1.29, 1.82) is 0 Å². The molecule has 0 aliphatic rings. The molecule has 0 unspecified atom stereocenters. The van der Waals surface area contributed by atoms with Crippen molar-refractivity contribution in [3.8, 4) is 11.3 Å². The van der Waals surface area contributed by atoms with Gasteiger partial charge in [0.2, 0.25) is 0 Å². The maximum atomic E-state index is 5.99. The van der Waals surface area contributed by atoms with Gasteiger partial charge in [-0.25, -0.2) is 4.98 Å². The van der Waals surface area contributed by atoms with Gasteiger partial charge in [-0.15, -0.1) is 11.3 Å². The van der Waals surface area contributed by atoms with Crippen LogP contribution in [-0.2, 0) is 13.0 Å². The second-order valence-corrected chi connectivity index (χ2v) is 6.19. The van der Waals surface area contributed by atoms with Gasteiger partial charge in [0.25, 0.3) is 0 Å². The van der Waals surface area contributed by atoms with Gasteiger partial charge in [0, 0.05) is 35.1 Å². The van der Waals surface area contributed by atoms with Crippen LogP contribution in [0.5, 0.6) is 0 Å². The van der Waals surface area contributed by atoms with Gasteiger partial charge in [-0.05, 0) is 24.6 Å². The van der Waals surface area contributed by atoms with Crippen LogP contribution in [-0.4, -0.2) is 14.5 Å². The van der Waals surface area contributed by atoms with Crippen molar-refractivity contribution in [2.45, 2.75) is 13.0 Å². The lowest BCUT2D eigenvalue weighted by Gasteiger charge is -2.09. The molecular formula is C14H13ClN4S. The van der Waals surface area contributed by atoms with Crippen LogP contribution in [0.2, 0.25) is 4.34 Å². The molecule has 3 rings (SSSR count). The average Bonchev–Trinajstić information content (AvgIpc) is 3.06. The number of hydrogen-bond acceptors (Lipinski definition) is 4. The Kier molecular flexibility index (Phi) is 3.71. The van der Waals surface area contributed by atoms with E-state index in [9.17, 15) is 0 Å². The number of aryl methyl sites for hydroxylation is 2. The highest BCUT2D eigenvalue weighted by molar-refractivity contribution is 7.16. The normalized spacial score (nSPS) is 10.8. The fraction of sp³-hybridized carbons (Fsp3) is 0.143. The Bertz CT molecular complexity index is 719. The van der Waals surface area contributed by atoms with Crippen LogP contribution in [0, 0.1) is 0 Å². The topological polar surface area (TPSA) is 56.7 Å². The maximum Gasteiger partial charge on any atom is 0.0951 e. The van der Waals surface area contributed by atoms with E-state index in [1.54, 1.807) is 29.8 Å². The number of nitrogens with zero attached hydrogens (tertiary/aromatic N) is 3. The van der Waals surface area contributed by atoms with Gasteiger partial charge in [-0.3, -0.25) is 4.98 Å². The first kappa shape index (κ1) is 13.1. The van der Waals surface area contributed by atoms with Gasteiger partial charge in [-0.2, -0.15) is 0 Å². The Labute approximate surface area is 125 Å². The third-order valence-corrected chi connectivity index (χ3v) is 4.36. The molecule has 3 aromatic heterocycles. The SMILES string of the molecule is Nc1ccncc1-c1cncn1CCc1ccc(Cl)s1. The number of pyridine rings is 1. The first-order valence-corrected chi connectivity index (χ1v) is 7.37. The Morgan fingerprint density at radius 2 is 2.10 bits per heavy atom. The summed E-state index contributed by atoms with van der Waals surface area (Å²) in [5, 5.41) is 0. The standard InChI is InChI=1S/C14H13ClN4S/c15-14-2-1-10(20-14)4-6-19-9-18-8-13(19)11-7-17-5-3-12(11)16/h1-3,5,7-9H,4,6H2,(H2,16,17). The van der Waals surface area contributed by atoms with Crippen molar-refractivity contribution >= 4 is 28.6 Å². The number of anilines is 1. The zero-order valence-corrected chi connectivity index (χ0v) is 12.2. The Balaban J connectivity index is 1.82. The summed E-state index contributed by atoms with van der Waals surface area (Å²) in [4.78, 5) is 9.60. The highest BCUT2D eigenvalue weighted by atomic mass is 35.5. The molecule has 3 heterocycles. The third-order valence-electron chi connectivity index (χ3n) is 3.07. The molecule has 0 saturated heterocycles. The second-order valence-electron chi connectivity index (χ2n) is 4.39. The molecule has 0 amide bonds. The molecule has 0 spiro atoms. The van der Waals surface area contributed by atoms with Crippen LogP contribution in [0.4, 0.5) is 5.69 Å². The summed E-state index contributed by atoms with van der Waals surface area (Å²) in [6, 6.07) is 5.78. The lowest BCUT2D eigenvalue weighted by Crippen LogP contribution is -2.02. The van der Waals surface area contributed by atoms with Gasteiger partial charge in [0.05, 0.1) is 22.6 Å². The molecule has 102 valence electrons. The van der Waals surface area contributed by atoms with E-state index in [0.29, 0.717) is 5.69 Å². The minimum atomic E-state index is 0.709. The molecule has 0 fully saturated rings. The summed E-state index contributed by atoms with van der Waals surface area (Å²) in [7, 11) is 0. The fourth-order valence-corrected chi connectivity index (χ4v) is 3.14. The minimum Gasteiger partial charge on any atom is -0.398 e. The maximum absolute atomic E-state index is 5.99. The van der Waals surface area contributed by atoms with Crippen molar-refractivity contribution in [3.05, 3.63) is 52.3 Å². The second kappa shape index (κ2) is 5.64. The highest BCUT2D eigenvalue weighted by Crippen LogP contribution is 2.26. The summed E-state index contributed by atoms with van der Waals surface area (Å²) in [5.41, 5.74) is 8.60. The number of nitrogen functional groups attached to an aromatic ring is 1. The molecule has 0 aliphatic heterocycles. The van der Waals surface area contributed by atoms with Crippen LogP contribution in [0.25, 0.3) is 11.3 Å². The molecular weight excluding hydrogens is 292 g/mol. The van der Waals surface area contributed by atoms with Crippen LogP contribution in [0.3, 0.4) is 0 Å². The number of rotatable bonds is 4. The van der Waals surface area contributed by atoms with E-state index in [4.69, 9.17) is 17.3 Å². The highest BCUT2D eigenvalue weighted by Gasteiger charge is 2.09. The number of imidazole rings is 1. The third kappa shape index (κ3) is 2.69. The van der Waals surface area contributed by atoms with Gasteiger partial charge < -0.3 is 10.3 Å². The molecule has 0 aliphatic carbocycles. The summed E-state index contributed by atoms with van der Waals surface area (Å²) < 4.78 is 2.91. The number of hydrogen-bond donors (Lipinski definition) is 1. The summed E-state index contributed by atoms with van der Waals surface area (Å²) in [6.07, 6.45) is 8.00. The van der Waals surface area contributed by atoms with Crippen LogP contribution in [0.15, 0.2) is 43.1 Å². The number of aromatic nitrogens is 3. The van der Waals surface area contributed by atoms with E-state index in [-0.39, 0.29) is 0 Å². The molecule has 3 aromatic rings. The summed E-state index contributed by atoms with van der Waals surface area (Å²) in [5.74, 6) is 0. The number of nitrogens with two attached hydrogens (primary N) is 1. The predicted octanol–water partition coefficient (Wildman–Crippen LogP) is 3.48. The van der Waals surface area contributed by atoms with Crippen LogP contribution < -0.4 is 5.73 Å². The summed E-state index contributed by atoms with van der Waals surface area (Å²) >= 11 is 7.55. The van der Waals surface area contributed by atoms with E-state index >= 15 is 0 Å². The van der Waals surface area contributed by atoms with Crippen LogP contribution in [0.1, 0.15) is 4.88 Å². The first-order valence-electron chi connectivity index (χ1n) is 6.18. The predicted molar refractivity (Wildman–Crippen MR) is 82.9 cm³/mol. The van der Waals surface area contributed by atoms with E-state index in [1.165, 1.54) is 4.88 Å². The molecule has 4 nitrogen and oxygen atoms in total. The van der Waals surface area contributed by atoms with Crippen molar-refractivity contribution in [3.63, 3.8) is 0 Å².